The zero-order valence-electron chi connectivity index (χ0n) is 60.1. The van der Waals surface area contributed by atoms with Crippen LogP contribution in [0.1, 0.15) is 285 Å². The highest BCUT2D eigenvalue weighted by molar-refractivity contribution is 6.51. The lowest BCUT2D eigenvalue weighted by molar-refractivity contribution is 0.304. The van der Waals surface area contributed by atoms with Crippen LogP contribution in [-0.4, -0.2) is 26.4 Å². The first-order valence-corrected chi connectivity index (χ1v) is 40.0. The molecule has 0 saturated heterocycles. The van der Waals surface area contributed by atoms with E-state index in [1.54, 1.807) is 0 Å². The van der Waals surface area contributed by atoms with Crippen molar-refractivity contribution in [1.29, 1.82) is 0 Å². The van der Waals surface area contributed by atoms with E-state index in [4.69, 9.17) is 18.9 Å². The second-order valence-corrected chi connectivity index (χ2v) is 29.5. The molecule has 0 bridgehead atoms. The minimum Gasteiger partial charge on any atom is -0.494 e. The van der Waals surface area contributed by atoms with Gasteiger partial charge in [-0.05, 0) is 205 Å². The van der Waals surface area contributed by atoms with Crippen molar-refractivity contribution >= 4 is 118 Å². The summed E-state index contributed by atoms with van der Waals surface area (Å²) < 4.78 is 27.0. The predicted molar refractivity (Wildman–Crippen MR) is 422 cm³/mol. The van der Waals surface area contributed by atoms with Gasteiger partial charge in [0.2, 0.25) is 0 Å². The van der Waals surface area contributed by atoms with Crippen molar-refractivity contribution in [3.05, 3.63) is 109 Å². The van der Waals surface area contributed by atoms with Gasteiger partial charge >= 0.3 is 0 Å². The van der Waals surface area contributed by atoms with Crippen molar-refractivity contribution in [2.45, 2.75) is 285 Å². The van der Waals surface area contributed by atoms with Gasteiger partial charge in [-0.1, -0.05) is 307 Å². The molecule has 0 heterocycles. The molecule has 12 aromatic carbocycles. The monoisotopic (exact) mass is 1290 g/mol. The van der Waals surface area contributed by atoms with Crippen LogP contribution in [-0.2, 0) is 0 Å². The van der Waals surface area contributed by atoms with Crippen molar-refractivity contribution < 1.29 is 18.9 Å². The Kier molecular flexibility index (Phi) is 25.9. The van der Waals surface area contributed by atoms with E-state index in [1.165, 1.54) is 350 Å². The second-order valence-electron chi connectivity index (χ2n) is 29.5. The maximum absolute atomic E-state index is 6.75. The molecule has 0 aliphatic carbocycles. The van der Waals surface area contributed by atoms with Crippen LogP contribution in [0.15, 0.2) is 109 Å². The molecule has 96 heavy (non-hydrogen) atoms. The van der Waals surface area contributed by atoms with Crippen LogP contribution in [0, 0.1) is 0 Å². The van der Waals surface area contributed by atoms with Gasteiger partial charge in [0.1, 0.15) is 23.0 Å². The smallest absolute Gasteiger partial charge is 0.119 e. The van der Waals surface area contributed by atoms with Gasteiger partial charge in [0.25, 0.3) is 0 Å². The molecule has 12 rings (SSSR count). The average Bonchev–Trinajstić information content (AvgIpc) is 1.50. The largest absolute Gasteiger partial charge is 0.494 e. The molecule has 510 valence electrons. The Balaban J connectivity index is 0.905. The van der Waals surface area contributed by atoms with E-state index < -0.39 is 0 Å². The third kappa shape index (κ3) is 16.4. The number of hydrogen-bond donors (Lipinski definition) is 0. The number of ether oxygens (including phenoxy) is 4. The third-order valence-electron chi connectivity index (χ3n) is 22.1. The molecule has 0 aliphatic heterocycles. The molecule has 12 aromatic rings. The molecule has 0 aliphatic rings. The summed E-state index contributed by atoms with van der Waals surface area (Å²) >= 11 is 0. The third-order valence-corrected chi connectivity index (χ3v) is 22.1. The van der Waals surface area contributed by atoms with Crippen LogP contribution < -0.4 is 18.9 Å². The first-order valence-electron chi connectivity index (χ1n) is 40.0. The number of hydrogen-bond acceptors (Lipinski definition) is 4. The highest BCUT2D eigenvalue weighted by Crippen LogP contribution is 2.55. The summed E-state index contributed by atoms with van der Waals surface area (Å²) in [5.41, 5.74) is 0. The van der Waals surface area contributed by atoms with Crippen LogP contribution in [0.2, 0.25) is 0 Å². The van der Waals surface area contributed by atoms with Crippen molar-refractivity contribution in [2.24, 2.45) is 0 Å². The van der Waals surface area contributed by atoms with Crippen molar-refractivity contribution in [1.82, 2.24) is 0 Å². The van der Waals surface area contributed by atoms with E-state index in [9.17, 15) is 0 Å². The first-order chi connectivity index (χ1) is 47.6. The van der Waals surface area contributed by atoms with Crippen molar-refractivity contribution in [3.8, 4) is 23.0 Å². The number of unbranched alkanes of at least 4 members (excludes halogenated alkanes) is 36. The van der Waals surface area contributed by atoms with Crippen molar-refractivity contribution in [2.75, 3.05) is 26.4 Å². The molecule has 0 amide bonds. The molecule has 4 nitrogen and oxygen atoms in total. The highest BCUT2D eigenvalue weighted by Gasteiger charge is 2.27. The van der Waals surface area contributed by atoms with Gasteiger partial charge in [-0.2, -0.15) is 0 Å². The summed E-state index contributed by atoms with van der Waals surface area (Å²) in [6.07, 6.45) is 52.6. The van der Waals surface area contributed by atoms with Gasteiger partial charge in [0.15, 0.2) is 0 Å². The summed E-state index contributed by atoms with van der Waals surface area (Å²) in [6.45, 7) is 12.2. The van der Waals surface area contributed by atoms with E-state index in [1.807, 2.05) is 0 Å². The maximum atomic E-state index is 6.75. The van der Waals surface area contributed by atoms with Crippen LogP contribution in [0.5, 0.6) is 23.0 Å². The Morgan fingerprint density at radius 1 is 0.167 bits per heavy atom. The maximum Gasteiger partial charge on any atom is 0.119 e. The average molecular weight is 1290 g/mol. The summed E-state index contributed by atoms with van der Waals surface area (Å²) in [5.74, 6) is 3.87. The molecule has 0 unspecified atom stereocenters. The van der Waals surface area contributed by atoms with Gasteiger partial charge < -0.3 is 18.9 Å². The fourth-order valence-corrected chi connectivity index (χ4v) is 16.8. The van der Waals surface area contributed by atoms with Crippen LogP contribution in [0.3, 0.4) is 0 Å². The Morgan fingerprint density at radius 3 is 0.604 bits per heavy atom. The molecule has 4 heteroatoms. The molecular weight excluding hydrogens is 1170 g/mol. The van der Waals surface area contributed by atoms with E-state index in [0.717, 1.165) is 75.1 Å². The zero-order chi connectivity index (χ0) is 65.7. The lowest BCUT2D eigenvalue weighted by Crippen LogP contribution is -1.98. The normalized spacial score (nSPS) is 12.3. The lowest BCUT2D eigenvalue weighted by atomic mass is 9.90. The summed E-state index contributed by atoms with van der Waals surface area (Å²) in [6, 6.07) is 42.8. The first kappa shape index (κ1) is 69.4. The summed E-state index contributed by atoms with van der Waals surface area (Å²) in [5, 5.41) is 28.9. The van der Waals surface area contributed by atoms with E-state index in [2.05, 4.69) is 137 Å². The number of rotatable bonds is 48. The molecule has 0 aromatic heterocycles. The molecule has 0 spiro atoms. The highest BCUT2D eigenvalue weighted by atomic mass is 16.5. The molecule has 0 saturated carbocycles. The number of fused-ring (bicyclic) bond motifs is 16. The standard InChI is InChI=1S/C92H118O4/c1-5-9-13-17-21-25-29-33-37-41-57-93-69-47-53-73-75-55-49-71(95-59-43-39-35-31-27-23-19-15-11-7-3)65-81(75)91-83-61-68-46-52-78-88-80-64-70(94-58-42-38-34-30-26-22-18-14-10-6-2)48-54-74(80)76-56-50-72(96-60-44-40-36-32-28-24-20-16-12-8-4)66-82(76)92(88)84-62-67-45-51-77(87(91)79(73)63-69)89(83)85(67)86(68)90(78)84/h45-56,61-66H,5-44,57-60H2,1-4H3. The fourth-order valence-electron chi connectivity index (χ4n) is 16.8. The quantitative estimate of drug-likeness (QED) is 0.0281. The minimum absolute atomic E-state index is 0.746. The van der Waals surface area contributed by atoms with Crippen LogP contribution in [0.4, 0.5) is 0 Å². The van der Waals surface area contributed by atoms with E-state index >= 15 is 0 Å². The van der Waals surface area contributed by atoms with E-state index in [0.29, 0.717) is 0 Å². The molecular formula is C92H118O4. The molecule has 0 fully saturated rings. The summed E-state index contributed by atoms with van der Waals surface area (Å²) in [7, 11) is 0. The Morgan fingerprint density at radius 2 is 0.365 bits per heavy atom. The zero-order valence-corrected chi connectivity index (χ0v) is 60.1. The Labute approximate surface area is 577 Å². The van der Waals surface area contributed by atoms with Gasteiger partial charge in [0, 0.05) is 0 Å². The van der Waals surface area contributed by atoms with Gasteiger partial charge in [-0.3, -0.25) is 0 Å². The van der Waals surface area contributed by atoms with Crippen molar-refractivity contribution in [3.63, 3.8) is 0 Å². The fraction of sp³-hybridized carbons (Fsp3) is 0.522. The van der Waals surface area contributed by atoms with Gasteiger partial charge in [-0.25, -0.2) is 0 Å². The predicted octanol–water partition coefficient (Wildman–Crippen LogP) is 29.9. The number of benzene rings is 10. The van der Waals surface area contributed by atoms with Crippen LogP contribution in [0.25, 0.3) is 118 Å². The Hall–Kier alpha value is -6.52. The van der Waals surface area contributed by atoms with Gasteiger partial charge in [-0.15, -0.1) is 0 Å². The van der Waals surface area contributed by atoms with Crippen LogP contribution >= 0.6 is 0 Å². The molecule has 0 N–H and O–H groups in total. The topological polar surface area (TPSA) is 36.9 Å². The SMILES string of the molecule is CCCCCCCCCCCCOc1ccc2c3ccc(OCCCCCCCCCCCC)cc3c3c4cc5ccc6c7c8cc(OCCCCCCCCCCCC)ccc8c8ccc(OCCCCCCCCCCCC)cc8c7c7cc8ccc(c3c2c1)c4c8c5c67. The molecule has 0 atom stereocenters. The van der Waals surface area contributed by atoms with Gasteiger partial charge in [0.05, 0.1) is 26.4 Å². The lowest BCUT2D eigenvalue weighted by Gasteiger charge is -2.13. The summed E-state index contributed by atoms with van der Waals surface area (Å²) in [4.78, 5) is 0. The molecule has 0 radical (unpaired) electrons. The Bertz CT molecular complexity index is 4060. The minimum atomic E-state index is 0.746. The second kappa shape index (κ2) is 35.8. The van der Waals surface area contributed by atoms with E-state index in [-0.39, 0.29) is 0 Å².